The van der Waals surface area contributed by atoms with E-state index in [0.29, 0.717) is 54.6 Å². The molecule has 4 unspecified atom stereocenters. The van der Waals surface area contributed by atoms with Crippen LogP contribution >= 0.6 is 11.8 Å². The predicted octanol–water partition coefficient (Wildman–Crippen LogP) is 10.2. The zero-order valence-corrected chi connectivity index (χ0v) is 28.7. The third-order valence-corrected chi connectivity index (χ3v) is 12.8. The molecule has 2 fully saturated rings. The minimum Gasteiger partial charge on any atom is -0.508 e. The number of benzene rings is 1. The van der Waals surface area contributed by atoms with Crippen molar-refractivity contribution in [3.05, 3.63) is 29.3 Å². The lowest BCUT2D eigenvalue weighted by atomic mass is 9.51. The lowest BCUT2D eigenvalue weighted by molar-refractivity contribution is -0.396. The molecule has 2 saturated carbocycles. The molecule has 4 rings (SSSR count). The topological polar surface area (TPSA) is 40.5 Å². The average molecular weight is 718 g/mol. The van der Waals surface area contributed by atoms with E-state index in [-0.39, 0.29) is 22.8 Å². The molecule has 0 saturated heterocycles. The van der Waals surface area contributed by atoms with Crippen LogP contribution < -0.4 is 0 Å². The number of nitrogens with zero attached hydrogens (tertiary/aromatic N) is 1. The zero-order valence-electron chi connectivity index (χ0n) is 27.8. The molecule has 0 radical (unpaired) electrons. The molecule has 1 aromatic carbocycles. The molecular formula is C35H48F9NO2S. The van der Waals surface area contributed by atoms with Gasteiger partial charge in [-0.15, -0.1) is 0 Å². The lowest BCUT2D eigenvalue weighted by Crippen LogP contribution is -2.60. The molecule has 0 amide bonds. The van der Waals surface area contributed by atoms with Gasteiger partial charge in [-0.05, 0) is 129 Å². The fourth-order valence-electron chi connectivity index (χ4n) is 8.67. The van der Waals surface area contributed by atoms with E-state index in [9.17, 15) is 49.4 Å². The Balaban J connectivity index is 1.16. The second-order valence-electron chi connectivity index (χ2n) is 14.6. The van der Waals surface area contributed by atoms with Gasteiger partial charge in [-0.25, -0.2) is 0 Å². The molecule has 48 heavy (non-hydrogen) atoms. The number of halogens is 9. The molecule has 3 aliphatic rings. The highest BCUT2D eigenvalue weighted by Crippen LogP contribution is 2.63. The van der Waals surface area contributed by atoms with Gasteiger partial charge in [0.1, 0.15) is 11.5 Å². The second kappa shape index (κ2) is 14.9. The summed E-state index contributed by atoms with van der Waals surface area (Å²) in [5.41, 5.74) is 2.61. The number of thioether (sulfide) groups is 1. The summed E-state index contributed by atoms with van der Waals surface area (Å²) in [6.07, 6.45) is -0.695. The normalized spacial score (nSPS) is 28.0. The number of phenols is 1. The summed E-state index contributed by atoms with van der Waals surface area (Å²) in [7, 11) is 1.96. The summed E-state index contributed by atoms with van der Waals surface area (Å²) in [4.78, 5) is 15.0. The lowest BCUT2D eigenvalue weighted by Gasteiger charge is -2.53. The van der Waals surface area contributed by atoms with Crippen LogP contribution in [0.4, 0.5) is 39.5 Å². The Morgan fingerprint density at radius 2 is 1.58 bits per heavy atom. The van der Waals surface area contributed by atoms with E-state index in [1.54, 1.807) is 6.07 Å². The number of fused-ring (bicyclic) bond motifs is 5. The Kier molecular flexibility index (Phi) is 12.2. The largest absolute Gasteiger partial charge is 0.508 e. The van der Waals surface area contributed by atoms with Crippen molar-refractivity contribution in [2.75, 3.05) is 31.6 Å². The summed E-state index contributed by atoms with van der Waals surface area (Å²) in [6.45, 7) is 5.97. The zero-order chi connectivity index (χ0) is 35.7. The highest BCUT2D eigenvalue weighted by Gasteiger charge is 2.81. The number of rotatable bonds is 16. The number of hydrogen-bond donors (Lipinski definition) is 1. The highest BCUT2D eigenvalue weighted by atomic mass is 32.2. The standard InChI is InChI=1S/C35H48F9NO2S/c1-22-29(47)21-28-30-23(19-24-20-25(46)10-11-26(24)27(30)12-14-31(22,28)2)9-5-4-6-15-45(3)16-8-18-48-17-7-13-32(36,37)33(38,39)34(40,41)35(42,43)44/h10-11,20,22-23,27-28,30,46H,4-9,12-19,21H2,1-3H3/t22?,23-,27?,28?,30?,31-/m1/s1. The Morgan fingerprint density at radius 3 is 2.27 bits per heavy atom. The molecule has 0 aromatic heterocycles. The van der Waals surface area contributed by atoms with E-state index in [0.717, 1.165) is 51.5 Å². The molecule has 0 bridgehead atoms. The minimum atomic E-state index is -6.83. The van der Waals surface area contributed by atoms with Gasteiger partial charge in [-0.3, -0.25) is 4.79 Å². The molecular weight excluding hydrogens is 669 g/mol. The SMILES string of the molecule is CC1C(=O)CC2C3C(CC[C@]12C)c1ccc(O)cc1C[C@H]3CCCCCN(C)CCCSCCCC(F)(F)C(F)(F)C(F)(F)C(F)(F)F. The number of ketones is 1. The van der Waals surface area contributed by atoms with Crippen molar-refractivity contribution in [2.24, 2.45) is 29.1 Å². The van der Waals surface area contributed by atoms with Crippen molar-refractivity contribution in [2.45, 2.75) is 114 Å². The smallest absolute Gasteiger partial charge is 0.460 e. The monoisotopic (exact) mass is 717 g/mol. The first kappa shape index (κ1) is 39.2. The first-order valence-corrected chi connectivity index (χ1v) is 18.2. The Bertz CT molecular complexity index is 1260. The van der Waals surface area contributed by atoms with Gasteiger partial charge in [0.2, 0.25) is 0 Å². The van der Waals surface area contributed by atoms with Crippen LogP contribution in [-0.4, -0.2) is 71.4 Å². The molecule has 1 aromatic rings. The van der Waals surface area contributed by atoms with Crippen molar-refractivity contribution in [1.29, 1.82) is 0 Å². The fraction of sp³-hybridized carbons (Fsp3) is 0.800. The van der Waals surface area contributed by atoms with Gasteiger partial charge in [0, 0.05) is 18.8 Å². The van der Waals surface area contributed by atoms with Crippen LogP contribution in [0.25, 0.3) is 0 Å². The third-order valence-electron chi connectivity index (χ3n) is 11.6. The fourth-order valence-corrected chi connectivity index (χ4v) is 9.56. The van der Waals surface area contributed by atoms with Gasteiger partial charge < -0.3 is 10.0 Å². The van der Waals surface area contributed by atoms with Crippen LogP contribution in [0, 0.1) is 29.1 Å². The van der Waals surface area contributed by atoms with E-state index in [4.69, 9.17) is 0 Å². The summed E-state index contributed by atoms with van der Waals surface area (Å²) in [6, 6.07) is 5.78. The maximum absolute atomic E-state index is 13.7. The molecule has 6 atom stereocenters. The highest BCUT2D eigenvalue weighted by molar-refractivity contribution is 7.99. The van der Waals surface area contributed by atoms with Crippen LogP contribution in [0.2, 0.25) is 0 Å². The van der Waals surface area contributed by atoms with Gasteiger partial charge in [-0.2, -0.15) is 51.3 Å². The Labute approximate surface area is 281 Å². The Morgan fingerprint density at radius 1 is 0.917 bits per heavy atom. The van der Waals surface area contributed by atoms with Crippen molar-refractivity contribution in [1.82, 2.24) is 4.90 Å². The first-order valence-electron chi connectivity index (χ1n) is 17.1. The maximum atomic E-state index is 13.7. The molecule has 13 heteroatoms. The van der Waals surface area contributed by atoms with Gasteiger partial charge in [0.25, 0.3) is 0 Å². The van der Waals surface area contributed by atoms with Crippen LogP contribution in [0.15, 0.2) is 18.2 Å². The van der Waals surface area contributed by atoms with Gasteiger partial charge in [0.05, 0.1) is 0 Å². The molecule has 1 N–H and O–H groups in total. The van der Waals surface area contributed by atoms with Gasteiger partial charge in [0.15, 0.2) is 0 Å². The summed E-state index contributed by atoms with van der Waals surface area (Å²) < 4.78 is 117. The molecule has 0 aliphatic heterocycles. The predicted molar refractivity (Wildman–Crippen MR) is 169 cm³/mol. The van der Waals surface area contributed by atoms with Crippen molar-refractivity contribution >= 4 is 17.5 Å². The van der Waals surface area contributed by atoms with Crippen molar-refractivity contribution in [3.63, 3.8) is 0 Å². The molecule has 0 spiro atoms. The number of hydrogen-bond acceptors (Lipinski definition) is 4. The molecule has 0 heterocycles. The summed E-state index contributed by atoms with van der Waals surface area (Å²) >= 11 is 1.17. The van der Waals surface area contributed by atoms with Crippen molar-refractivity contribution in [3.8, 4) is 5.75 Å². The number of alkyl halides is 9. The number of carbonyl (C=O) groups excluding carboxylic acids is 1. The van der Waals surface area contributed by atoms with Crippen LogP contribution in [-0.2, 0) is 11.2 Å². The molecule has 3 nitrogen and oxygen atoms in total. The quantitative estimate of drug-likeness (QED) is 0.137. The van der Waals surface area contributed by atoms with Gasteiger partial charge >= 0.3 is 23.9 Å². The third kappa shape index (κ3) is 7.81. The summed E-state index contributed by atoms with van der Waals surface area (Å²) in [5.74, 6) is -15.9. The van der Waals surface area contributed by atoms with E-state index in [1.807, 2.05) is 13.1 Å². The number of unbranched alkanes of at least 4 members (excludes halogenated alkanes) is 2. The van der Waals surface area contributed by atoms with Crippen LogP contribution in [0.1, 0.15) is 95.1 Å². The second-order valence-corrected chi connectivity index (χ2v) is 15.9. The van der Waals surface area contributed by atoms with Gasteiger partial charge in [-0.1, -0.05) is 32.8 Å². The molecule has 274 valence electrons. The van der Waals surface area contributed by atoms with E-state index in [1.165, 1.54) is 22.9 Å². The first-order chi connectivity index (χ1) is 22.2. The minimum absolute atomic E-state index is 0.0417. The molecule has 3 aliphatic carbocycles. The van der Waals surface area contributed by atoms with E-state index >= 15 is 0 Å². The maximum Gasteiger partial charge on any atom is 0.460 e. The average Bonchev–Trinajstić information content (AvgIpc) is 3.23. The van der Waals surface area contributed by atoms with E-state index < -0.39 is 36.8 Å². The number of Topliss-reactive ketones (excluding diaryl/α,β-unsaturated/α-hetero) is 1. The Hall–Kier alpha value is -1.63. The van der Waals surface area contributed by atoms with Crippen LogP contribution in [0.3, 0.4) is 0 Å². The van der Waals surface area contributed by atoms with Crippen molar-refractivity contribution < 1.29 is 49.4 Å². The van der Waals surface area contributed by atoms with E-state index in [2.05, 4.69) is 24.8 Å². The number of aromatic hydroxyl groups is 1. The number of phenolic OH excluding ortho intramolecular Hbond substituents is 1. The summed E-state index contributed by atoms with van der Waals surface area (Å²) in [5, 5.41) is 10.2. The number of carbonyl (C=O) groups is 1. The van der Waals surface area contributed by atoms with Crippen LogP contribution in [0.5, 0.6) is 5.75 Å².